The molecule has 2 saturated heterocycles. The van der Waals surface area contributed by atoms with Gasteiger partial charge in [-0.25, -0.2) is 9.97 Å². The molecule has 43 heavy (non-hydrogen) atoms. The average molecular weight is 601 g/mol. The van der Waals surface area contributed by atoms with E-state index in [-0.39, 0.29) is 41.2 Å². The Morgan fingerprint density at radius 2 is 1.88 bits per heavy atom. The molecule has 3 aromatic heterocycles. The predicted octanol–water partition coefficient (Wildman–Crippen LogP) is 3.19. The number of carbonyl (C=O) groups excluding carboxylic acids is 2. The molecule has 0 radical (unpaired) electrons. The van der Waals surface area contributed by atoms with Crippen LogP contribution in [-0.4, -0.2) is 91.7 Å². The number of alkyl halides is 3. The van der Waals surface area contributed by atoms with Crippen LogP contribution in [0.4, 0.5) is 13.2 Å². The van der Waals surface area contributed by atoms with Crippen LogP contribution in [0.25, 0.3) is 16.9 Å². The van der Waals surface area contributed by atoms with Gasteiger partial charge in [0.05, 0.1) is 36.1 Å². The average Bonchev–Trinajstić information content (AvgIpc) is 3.65. The number of ether oxygens (including phenoxy) is 2. The van der Waals surface area contributed by atoms with Crippen molar-refractivity contribution in [2.75, 3.05) is 39.4 Å². The maximum atomic E-state index is 13.4. The van der Waals surface area contributed by atoms with E-state index in [0.29, 0.717) is 56.1 Å². The molecule has 4 aromatic rings. The summed E-state index contributed by atoms with van der Waals surface area (Å²) in [6.45, 7) is 3.81. The first-order chi connectivity index (χ1) is 20.6. The van der Waals surface area contributed by atoms with Gasteiger partial charge < -0.3 is 28.9 Å². The molecule has 12 nitrogen and oxygen atoms in total. The molecule has 0 aliphatic carbocycles. The Morgan fingerprint density at radius 1 is 1.12 bits per heavy atom. The molecule has 2 amide bonds. The van der Waals surface area contributed by atoms with Gasteiger partial charge in [0.25, 0.3) is 11.8 Å². The third-order valence-electron chi connectivity index (χ3n) is 7.67. The van der Waals surface area contributed by atoms with E-state index in [1.807, 2.05) is 0 Å². The van der Waals surface area contributed by atoms with Crippen molar-refractivity contribution < 1.29 is 41.9 Å². The van der Waals surface area contributed by atoms with Crippen molar-refractivity contribution in [1.29, 1.82) is 0 Å². The van der Waals surface area contributed by atoms with Crippen molar-refractivity contribution in [3.63, 3.8) is 0 Å². The van der Waals surface area contributed by atoms with Crippen LogP contribution in [0.5, 0.6) is 11.6 Å². The lowest BCUT2D eigenvalue weighted by molar-refractivity contribution is -0.147. The summed E-state index contributed by atoms with van der Waals surface area (Å²) in [6, 6.07) is 4.90. The Kier molecular flexibility index (Phi) is 7.52. The standard InChI is InChI=1S/C28H27F3N6O6/c1-16-12-17(43-25-24-33-13-21(37(24)6-5-32-25)20-14-42-34-23(20)28(29,30)31)2-3-18(16)26(39)35-7-9-36(10-8-35)27(40)19-4-11-41-15-22(19)38/h2-3,5-6,12-14,19,22,38H,4,7-11,15H2,1H3/t19-,22-/m1/s1. The Hall–Kier alpha value is -4.50. The number of piperazine rings is 1. The minimum absolute atomic E-state index is 0.0488. The van der Waals surface area contributed by atoms with E-state index in [0.717, 1.165) is 6.26 Å². The van der Waals surface area contributed by atoms with Gasteiger partial charge in [-0.1, -0.05) is 5.16 Å². The zero-order valence-corrected chi connectivity index (χ0v) is 23.0. The third-order valence-corrected chi connectivity index (χ3v) is 7.67. The normalized spacial score (nSPS) is 19.6. The summed E-state index contributed by atoms with van der Waals surface area (Å²) in [6.07, 6.45) is -0.0966. The minimum Gasteiger partial charge on any atom is -0.436 e. The molecule has 226 valence electrons. The number of imidazole rings is 1. The van der Waals surface area contributed by atoms with Gasteiger partial charge in [-0.05, 0) is 37.1 Å². The lowest BCUT2D eigenvalue weighted by atomic mass is 9.95. The summed E-state index contributed by atoms with van der Waals surface area (Å²) in [5.74, 6) is -0.386. The van der Waals surface area contributed by atoms with Crippen LogP contribution in [0.2, 0.25) is 0 Å². The highest BCUT2D eigenvalue weighted by molar-refractivity contribution is 5.96. The van der Waals surface area contributed by atoms with Gasteiger partial charge in [0.2, 0.25) is 11.6 Å². The zero-order valence-electron chi connectivity index (χ0n) is 23.0. The van der Waals surface area contributed by atoms with E-state index in [1.54, 1.807) is 34.9 Å². The highest BCUT2D eigenvalue weighted by Crippen LogP contribution is 2.37. The molecule has 0 bridgehead atoms. The lowest BCUT2D eigenvalue weighted by Crippen LogP contribution is -2.54. The van der Waals surface area contributed by atoms with Gasteiger partial charge in [0.1, 0.15) is 12.0 Å². The lowest BCUT2D eigenvalue weighted by Gasteiger charge is -2.38. The number of amides is 2. The van der Waals surface area contributed by atoms with Crippen LogP contribution in [0.1, 0.15) is 28.0 Å². The Labute approximate surface area is 242 Å². The maximum Gasteiger partial charge on any atom is 0.437 e. The van der Waals surface area contributed by atoms with Crippen molar-refractivity contribution in [3.05, 3.63) is 59.9 Å². The molecule has 0 spiro atoms. The van der Waals surface area contributed by atoms with E-state index >= 15 is 0 Å². The molecular weight excluding hydrogens is 573 g/mol. The number of aryl methyl sites for hydroxylation is 1. The number of aliphatic hydroxyl groups excluding tert-OH is 1. The number of fused-ring (bicyclic) bond motifs is 1. The summed E-state index contributed by atoms with van der Waals surface area (Å²) in [4.78, 5) is 38.0. The highest BCUT2D eigenvalue weighted by Gasteiger charge is 2.39. The van der Waals surface area contributed by atoms with Crippen molar-refractivity contribution in [3.8, 4) is 22.9 Å². The molecule has 15 heteroatoms. The smallest absolute Gasteiger partial charge is 0.436 e. The fourth-order valence-electron chi connectivity index (χ4n) is 5.39. The Morgan fingerprint density at radius 3 is 2.60 bits per heavy atom. The molecular formula is C28H27F3N6O6. The van der Waals surface area contributed by atoms with E-state index in [2.05, 4.69) is 19.6 Å². The first kappa shape index (κ1) is 28.6. The summed E-state index contributed by atoms with van der Waals surface area (Å²) >= 11 is 0. The second-order valence-corrected chi connectivity index (χ2v) is 10.4. The van der Waals surface area contributed by atoms with Crippen molar-refractivity contribution in [2.24, 2.45) is 5.92 Å². The van der Waals surface area contributed by atoms with Crippen molar-refractivity contribution >= 4 is 17.5 Å². The Bertz CT molecular complexity index is 1660. The molecule has 0 unspecified atom stereocenters. The van der Waals surface area contributed by atoms with E-state index in [1.165, 1.54) is 23.0 Å². The number of hydrogen-bond donors (Lipinski definition) is 1. The largest absolute Gasteiger partial charge is 0.437 e. The number of rotatable bonds is 5. The number of aliphatic hydroxyl groups is 1. The SMILES string of the molecule is Cc1cc(Oc2nccn3c(-c4conc4C(F)(F)F)cnc23)ccc1C(=O)N1CCN(C(=O)[C@@H]2CCOC[C@H]2O)CC1. The van der Waals surface area contributed by atoms with Gasteiger partial charge in [-0.2, -0.15) is 13.2 Å². The van der Waals surface area contributed by atoms with E-state index < -0.39 is 23.9 Å². The van der Waals surface area contributed by atoms with Crippen molar-refractivity contribution in [1.82, 2.24) is 29.3 Å². The number of carbonyl (C=O) groups is 2. The molecule has 2 aliphatic rings. The molecule has 2 atom stereocenters. The van der Waals surface area contributed by atoms with E-state index in [9.17, 15) is 27.9 Å². The highest BCUT2D eigenvalue weighted by atomic mass is 19.4. The second kappa shape index (κ2) is 11.3. The topological polar surface area (TPSA) is 136 Å². The maximum absolute atomic E-state index is 13.4. The fraction of sp³-hybridized carbons (Fsp3) is 0.393. The Balaban J connectivity index is 1.14. The van der Waals surface area contributed by atoms with Crippen LogP contribution >= 0.6 is 0 Å². The third kappa shape index (κ3) is 5.52. The molecule has 0 saturated carbocycles. The summed E-state index contributed by atoms with van der Waals surface area (Å²) in [7, 11) is 0. The van der Waals surface area contributed by atoms with Crippen LogP contribution in [0, 0.1) is 12.8 Å². The fourth-order valence-corrected chi connectivity index (χ4v) is 5.39. The molecule has 1 aromatic carbocycles. The molecule has 2 fully saturated rings. The monoisotopic (exact) mass is 600 g/mol. The summed E-state index contributed by atoms with van der Waals surface area (Å²) < 4.78 is 57.3. The molecule has 6 rings (SSSR count). The molecule has 1 N–H and O–H groups in total. The quantitative estimate of drug-likeness (QED) is 0.366. The molecule has 2 aliphatic heterocycles. The number of hydrogen-bond acceptors (Lipinski definition) is 9. The van der Waals surface area contributed by atoms with Gasteiger partial charge in [-0.3, -0.25) is 14.0 Å². The molecule has 5 heterocycles. The zero-order chi connectivity index (χ0) is 30.3. The van der Waals surface area contributed by atoms with Gasteiger partial charge in [-0.15, -0.1) is 0 Å². The predicted molar refractivity (Wildman–Crippen MR) is 142 cm³/mol. The van der Waals surface area contributed by atoms with Crippen LogP contribution in [0.15, 0.2) is 47.6 Å². The van der Waals surface area contributed by atoms with Crippen LogP contribution < -0.4 is 4.74 Å². The van der Waals surface area contributed by atoms with Crippen LogP contribution in [0.3, 0.4) is 0 Å². The second-order valence-electron chi connectivity index (χ2n) is 10.4. The summed E-state index contributed by atoms with van der Waals surface area (Å²) in [5.41, 5.74) is -0.0724. The van der Waals surface area contributed by atoms with Gasteiger partial charge in [0, 0.05) is 50.7 Å². The van der Waals surface area contributed by atoms with E-state index in [4.69, 9.17) is 9.47 Å². The van der Waals surface area contributed by atoms with Gasteiger partial charge in [0.15, 0.2) is 5.69 Å². The van der Waals surface area contributed by atoms with Crippen LogP contribution in [-0.2, 0) is 15.7 Å². The number of benzene rings is 1. The number of nitrogens with zero attached hydrogens (tertiary/aromatic N) is 6. The van der Waals surface area contributed by atoms with Crippen molar-refractivity contribution in [2.45, 2.75) is 25.6 Å². The van der Waals surface area contributed by atoms with Gasteiger partial charge >= 0.3 is 6.18 Å². The number of aromatic nitrogens is 4. The number of halogens is 3. The minimum atomic E-state index is -4.71. The summed E-state index contributed by atoms with van der Waals surface area (Å²) in [5, 5.41) is 13.2. The first-order valence-electron chi connectivity index (χ1n) is 13.6. The first-order valence-corrected chi connectivity index (χ1v) is 13.6.